The summed E-state index contributed by atoms with van der Waals surface area (Å²) in [5.74, 6) is 1.95. The Morgan fingerprint density at radius 1 is 0.327 bits per heavy atom. The summed E-state index contributed by atoms with van der Waals surface area (Å²) in [7, 11) is -13.7. The minimum atomic E-state index is -3.00. The average molecular weight is 2190 g/mol. The largest absolute Gasteiger partial charge is 0.423 e. The highest BCUT2D eigenvalue weighted by molar-refractivity contribution is 7.94. The number of piperidine rings is 1. The molecule has 150 heavy (non-hydrogen) atoms. The van der Waals surface area contributed by atoms with Gasteiger partial charge in [-0.2, -0.15) is 0 Å². The highest BCUT2D eigenvalue weighted by atomic mass is 32.2. The van der Waals surface area contributed by atoms with Gasteiger partial charge in [-0.25, -0.2) is 55.3 Å². The first kappa shape index (κ1) is 134. The predicted molar refractivity (Wildman–Crippen MR) is 640 cm³/mol. The fraction of sp³-hybridized carbons (Fsp3) is 0.621. The first-order valence-electron chi connectivity index (χ1n) is 55.8. The second-order valence-electron chi connectivity index (χ2n) is 47.5. The van der Waals surface area contributed by atoms with Crippen LogP contribution in [0.2, 0.25) is 0 Å². The Balaban J connectivity index is 0.000000377. The number of sulfone groups is 6. The van der Waals surface area contributed by atoms with Gasteiger partial charge in [0.1, 0.15) is 11.4 Å². The van der Waals surface area contributed by atoms with Gasteiger partial charge >= 0.3 is 5.63 Å². The van der Waals surface area contributed by atoms with Crippen LogP contribution in [0.15, 0.2) is 179 Å². The van der Waals surface area contributed by atoms with E-state index in [1.165, 1.54) is 114 Å². The summed E-state index contributed by atoms with van der Waals surface area (Å²) in [5.41, 5.74) is 22.7. The first-order chi connectivity index (χ1) is 69.9. The summed E-state index contributed by atoms with van der Waals surface area (Å²) in [6.45, 7) is 39.3. The fourth-order valence-electron chi connectivity index (χ4n) is 17.0. The average Bonchev–Trinajstić information content (AvgIpc) is 0.792. The van der Waals surface area contributed by atoms with Crippen molar-refractivity contribution in [2.75, 3.05) is 82.6 Å². The minimum Gasteiger partial charge on any atom is -0.423 e. The Bertz CT molecular complexity index is 6070. The van der Waals surface area contributed by atoms with Crippen molar-refractivity contribution in [2.45, 2.75) is 431 Å². The molecule has 7 aromatic carbocycles. The smallest absolute Gasteiger partial charge is 0.336 e. The SMILES string of the molecule is CC(=O)Cc1cccc(CCCCCCCS(=O)(=O)C(C)(C)C)c1.CC(=O)Nc1ccc(CCCCCCCS(=O)(=O)C(C)(C)C)cc1.CC(C)(C)S(=O)(=O)CCCCCCCc1ccc(-c2ccc(N3CCCCC3)cc2)cc1.CC(C)(C)S(=O)(=O)CCCCCCCc1cccc(N)c1.CN(C)c1cccc(CCCCCCCS(=O)(=O)C(C)(C)C)c1.Cc1cc(=O)oc2cc(CCCCCCCS(=O)(=O)C(C)(C)C)ccc12. The van der Waals surface area contributed by atoms with Gasteiger partial charge in [-0.3, -0.25) is 9.59 Å². The number of nitrogen functional groups attached to an aromatic ring is 1. The zero-order chi connectivity index (χ0) is 112. The van der Waals surface area contributed by atoms with Gasteiger partial charge in [-0.15, -0.1) is 0 Å². The molecule has 0 saturated carbocycles. The molecule has 20 nitrogen and oxygen atoms in total. The molecule has 0 bridgehead atoms. The molecule has 26 heteroatoms. The molecule has 0 radical (unpaired) electrons. The van der Waals surface area contributed by atoms with E-state index in [0.29, 0.717) is 40.8 Å². The number of nitrogens with zero attached hydrogens (tertiary/aromatic N) is 2. The molecule has 9 rings (SSSR count). The van der Waals surface area contributed by atoms with E-state index < -0.39 is 87.5 Å². The lowest BCUT2D eigenvalue weighted by Crippen LogP contribution is -2.30. The number of carbonyl (C=O) groups is 2. The van der Waals surface area contributed by atoms with Gasteiger partial charge in [0.2, 0.25) is 5.91 Å². The van der Waals surface area contributed by atoms with Crippen molar-refractivity contribution in [1.82, 2.24) is 0 Å². The number of Topliss-reactive ketones (excluding diaryl/α,β-unsaturated/α-hetero) is 1. The molecule has 1 fully saturated rings. The minimum absolute atomic E-state index is 0.0591. The van der Waals surface area contributed by atoms with Crippen LogP contribution in [0.5, 0.6) is 0 Å². The first-order valence-corrected chi connectivity index (χ1v) is 65.7. The van der Waals surface area contributed by atoms with Crippen molar-refractivity contribution in [3.63, 3.8) is 0 Å². The van der Waals surface area contributed by atoms with Gasteiger partial charge in [0.25, 0.3) is 0 Å². The van der Waals surface area contributed by atoms with E-state index in [1.807, 2.05) is 73.7 Å². The molecule has 0 spiro atoms. The van der Waals surface area contributed by atoms with E-state index in [-0.39, 0.29) is 23.1 Å². The highest BCUT2D eigenvalue weighted by Crippen LogP contribution is 2.31. The number of benzene rings is 7. The van der Waals surface area contributed by atoms with Crippen LogP contribution < -0.4 is 26.5 Å². The van der Waals surface area contributed by atoms with Crippen LogP contribution in [-0.2, 0) is 114 Å². The maximum absolute atomic E-state index is 12.1. The standard InChI is InChI=1S/C28H41NO2S.C21H30O4S.C20H32O3S.C19H31NO3S.C19H33NO2S.C17H29NO2S/c1-28(2,3)32(30,31)23-11-6-4-5-8-12-24-13-15-25(16-14-24)26-17-19-27(20-18-26)29-21-9-7-10-22-29;1-16-14-20(22)25-19-15-17(11-12-18(16)19)10-8-6-5-7-9-13-26(23,24)21(2,3)4;1-17(21)15-19-13-10-12-18(16-19)11-8-6-5-7-9-14-24(22,23)20(2,3)4;1-16(21)20-18-13-11-17(12-14-18)10-8-6-5-7-9-15-24(22,23)19(2,3)4;1-19(2,3)23(21,22)15-10-8-6-7-9-12-17-13-11-14-18(16-17)20(4)5;1-17(2,3)21(19,20)13-8-6-4-5-7-10-15-11-9-12-16(18)14-15/h13-20H,4-12,21-23H2,1-3H3;11-12,14-15H,5-10,13H2,1-4H3;10,12-13,16H,5-9,11,14-15H2,1-4H3;11-14H,5-10,15H2,1-4H3,(H,20,21);11,13-14,16H,6-10,12,15H2,1-5H3;9,11-12,14H,4-8,10,13,18H2,1-3H3. The zero-order valence-electron chi connectivity index (χ0n) is 96.6. The number of aryl methyl sites for hydroxylation is 7. The van der Waals surface area contributed by atoms with Gasteiger partial charge < -0.3 is 25.3 Å². The topological polar surface area (TPSA) is 314 Å². The van der Waals surface area contributed by atoms with E-state index in [9.17, 15) is 64.9 Å². The number of unbranched alkanes of at least 4 members (excludes halogenated alkanes) is 24. The number of hydrogen-bond acceptors (Lipinski definition) is 19. The molecule has 0 unspecified atom stereocenters. The summed E-state index contributed by atoms with van der Waals surface area (Å²) in [6, 6.07) is 58.5. The highest BCUT2D eigenvalue weighted by Gasteiger charge is 2.33. The van der Waals surface area contributed by atoms with E-state index in [2.05, 4.69) is 126 Å². The van der Waals surface area contributed by atoms with E-state index in [0.717, 1.165) is 246 Å². The van der Waals surface area contributed by atoms with Crippen molar-refractivity contribution < 1.29 is 64.5 Å². The molecule has 844 valence electrons. The summed E-state index contributed by atoms with van der Waals surface area (Å²) in [5, 5.41) is 3.74. The number of amides is 1. The van der Waals surface area contributed by atoms with Crippen LogP contribution >= 0.6 is 0 Å². The molecule has 1 aliphatic rings. The number of ketones is 1. The molecule has 0 atom stereocenters. The monoisotopic (exact) mass is 2190 g/mol. The Labute approximate surface area is 911 Å². The van der Waals surface area contributed by atoms with Gasteiger partial charge in [0, 0.05) is 74.7 Å². The summed E-state index contributed by atoms with van der Waals surface area (Å²) in [6.07, 6.45) is 41.2. The molecule has 0 aliphatic carbocycles. The van der Waals surface area contributed by atoms with Gasteiger partial charge in [0.15, 0.2) is 59.0 Å². The predicted octanol–water partition coefficient (Wildman–Crippen LogP) is 29.2. The fourth-order valence-corrected chi connectivity index (χ4v) is 24.2. The van der Waals surface area contributed by atoms with Crippen LogP contribution in [0.4, 0.5) is 22.7 Å². The molecule has 3 N–H and O–H groups in total. The van der Waals surface area contributed by atoms with Crippen LogP contribution in [0.3, 0.4) is 0 Å². The third-order valence-corrected chi connectivity index (χ3v) is 44.0. The lowest BCUT2D eigenvalue weighted by molar-refractivity contribution is -0.116. The second kappa shape index (κ2) is 65.8. The van der Waals surface area contributed by atoms with Crippen molar-refractivity contribution in [3.8, 4) is 11.1 Å². The van der Waals surface area contributed by atoms with Gasteiger partial charge in [-0.1, -0.05) is 225 Å². The Kier molecular flexibility index (Phi) is 58.9. The zero-order valence-corrected chi connectivity index (χ0v) is 101. The molecule has 8 aromatic rings. The second-order valence-corrected chi connectivity index (χ2v) is 64.6. The molecule has 1 saturated heterocycles. The summed E-state index contributed by atoms with van der Waals surface area (Å²) in [4.78, 5) is 38.3. The molecule has 1 aromatic heterocycles. The summed E-state index contributed by atoms with van der Waals surface area (Å²) < 4.78 is 146. The van der Waals surface area contributed by atoms with E-state index >= 15 is 0 Å². The molecule has 1 aliphatic heterocycles. The maximum Gasteiger partial charge on any atom is 0.336 e. The Morgan fingerprint density at radius 3 is 0.947 bits per heavy atom. The normalized spacial score (nSPS) is 13.0. The quantitative estimate of drug-likeness (QED) is 0.0203. The van der Waals surface area contributed by atoms with Crippen LogP contribution in [0, 0.1) is 6.92 Å². The lowest BCUT2D eigenvalue weighted by Gasteiger charge is -2.28. The van der Waals surface area contributed by atoms with Crippen molar-refractivity contribution >= 4 is 104 Å². The molecule has 2 heterocycles. The number of nitrogens with two attached hydrogens (primary N) is 1. The Morgan fingerprint density at radius 2 is 0.613 bits per heavy atom. The van der Waals surface area contributed by atoms with E-state index in [4.69, 9.17) is 10.2 Å². The van der Waals surface area contributed by atoms with Crippen molar-refractivity contribution in [2.24, 2.45) is 0 Å². The Hall–Kier alpha value is -8.01. The third kappa shape index (κ3) is 53.4. The number of nitrogens with one attached hydrogen (secondary N) is 1. The third-order valence-electron chi connectivity index (χ3n) is 27.9. The maximum atomic E-state index is 12.1. The number of hydrogen-bond donors (Lipinski definition) is 2. The van der Waals surface area contributed by atoms with Crippen LogP contribution in [0.1, 0.15) is 395 Å². The molecular formula is C124H196N4O16S6. The van der Waals surface area contributed by atoms with Gasteiger partial charge in [-0.05, 0) is 384 Å². The number of anilines is 4. The summed E-state index contributed by atoms with van der Waals surface area (Å²) >= 11 is 0. The van der Waals surface area contributed by atoms with Crippen LogP contribution in [-0.4, -0.2) is 152 Å². The number of fused-ring (bicyclic) bond motifs is 1. The number of rotatable bonds is 54. The van der Waals surface area contributed by atoms with Crippen LogP contribution in [0.25, 0.3) is 22.1 Å². The molecule has 1 amide bonds. The van der Waals surface area contributed by atoms with Crippen molar-refractivity contribution in [1.29, 1.82) is 0 Å². The van der Waals surface area contributed by atoms with Gasteiger partial charge in [0.05, 0.1) is 63.0 Å². The number of carbonyl (C=O) groups excluding carboxylic acids is 2. The van der Waals surface area contributed by atoms with E-state index in [1.54, 1.807) is 132 Å². The molecular weight excluding hydrogens is 1990 g/mol. The lowest BCUT2D eigenvalue weighted by atomic mass is 10.0. The van der Waals surface area contributed by atoms with Crippen molar-refractivity contribution in [3.05, 3.63) is 225 Å².